The van der Waals surface area contributed by atoms with E-state index in [1.165, 1.54) is 0 Å². The molecule has 0 radical (unpaired) electrons. The molecule has 36 heavy (non-hydrogen) atoms. The fourth-order valence-electron chi connectivity index (χ4n) is 4.86. The lowest BCUT2D eigenvalue weighted by Crippen LogP contribution is -2.24. The Bertz CT molecular complexity index is 1550. The lowest BCUT2D eigenvalue weighted by molar-refractivity contribution is -0.118. The number of benzene rings is 2. The lowest BCUT2D eigenvalue weighted by atomic mass is 9.96. The van der Waals surface area contributed by atoms with Crippen molar-refractivity contribution in [2.24, 2.45) is 0 Å². The number of hydrogen-bond acceptors (Lipinski definition) is 5. The third kappa shape index (κ3) is 4.29. The SMILES string of the molecule is O=C1CCc2cc(-c3cnc4c(c3)c(-c3ccc5c(c3)OCCNC5=O)nn4PI)cc(Cl)c2CC1. The summed E-state index contributed by atoms with van der Waals surface area (Å²) in [5.41, 5.74) is 7.08. The fraction of sp³-hybridized carbons (Fsp3) is 0.231. The minimum atomic E-state index is -0.135. The monoisotopic (exact) mass is 630 g/mol. The third-order valence-corrected chi connectivity index (χ3v) is 8.88. The number of carbonyl (C=O) groups is 2. The second-order valence-electron chi connectivity index (χ2n) is 8.89. The van der Waals surface area contributed by atoms with E-state index in [0.29, 0.717) is 61.5 Å². The van der Waals surface area contributed by atoms with Gasteiger partial charge < -0.3 is 10.1 Å². The largest absolute Gasteiger partial charge is 0.491 e. The molecule has 1 amide bonds. The van der Waals surface area contributed by atoms with Gasteiger partial charge in [0.15, 0.2) is 5.65 Å². The van der Waals surface area contributed by atoms with Gasteiger partial charge in [-0.2, -0.15) is 5.10 Å². The van der Waals surface area contributed by atoms with Crippen LogP contribution < -0.4 is 10.1 Å². The molecule has 1 unspecified atom stereocenters. The predicted octanol–water partition coefficient (Wildman–Crippen LogP) is 5.78. The van der Waals surface area contributed by atoms with E-state index in [4.69, 9.17) is 26.4 Å². The van der Waals surface area contributed by atoms with Gasteiger partial charge >= 0.3 is 0 Å². The average Bonchev–Trinajstić information content (AvgIpc) is 3.00. The number of rotatable bonds is 3. The number of fused-ring (bicyclic) bond motifs is 3. The van der Waals surface area contributed by atoms with Crippen LogP contribution in [0.2, 0.25) is 5.02 Å². The maximum Gasteiger partial charge on any atom is 0.255 e. The Morgan fingerprint density at radius 2 is 1.89 bits per heavy atom. The number of aryl methyl sites for hydroxylation is 1. The number of halogens is 2. The first-order valence-electron chi connectivity index (χ1n) is 11.7. The number of aromatic nitrogens is 3. The van der Waals surface area contributed by atoms with Gasteiger partial charge in [-0.05, 0) is 75.8 Å². The molecule has 6 rings (SSSR count). The number of Topliss-reactive ketones (excluding diaryl/α,β-unsaturated/α-hetero) is 1. The zero-order chi connectivity index (χ0) is 24.8. The van der Waals surface area contributed by atoms with Crippen LogP contribution in [0.3, 0.4) is 0 Å². The van der Waals surface area contributed by atoms with E-state index in [1.807, 2.05) is 28.8 Å². The summed E-state index contributed by atoms with van der Waals surface area (Å²) in [6.07, 6.45) is 4.73. The first-order chi connectivity index (χ1) is 17.5. The lowest BCUT2D eigenvalue weighted by Gasteiger charge is -2.12. The van der Waals surface area contributed by atoms with Crippen molar-refractivity contribution in [3.63, 3.8) is 0 Å². The van der Waals surface area contributed by atoms with E-state index in [9.17, 15) is 9.59 Å². The Labute approximate surface area is 227 Å². The van der Waals surface area contributed by atoms with Crippen molar-refractivity contribution < 1.29 is 14.3 Å². The van der Waals surface area contributed by atoms with Crippen molar-refractivity contribution in [2.75, 3.05) is 13.2 Å². The van der Waals surface area contributed by atoms with Crippen LogP contribution >= 0.6 is 40.0 Å². The third-order valence-electron chi connectivity index (χ3n) is 6.70. The number of hydrogen-bond donors (Lipinski definition) is 1. The first-order valence-corrected chi connectivity index (χ1v) is 16.1. The van der Waals surface area contributed by atoms with Gasteiger partial charge in [-0.3, -0.25) is 9.59 Å². The second-order valence-corrected chi connectivity index (χ2v) is 11.3. The van der Waals surface area contributed by atoms with E-state index in [0.717, 1.165) is 44.5 Å². The van der Waals surface area contributed by atoms with Crippen molar-refractivity contribution in [3.05, 3.63) is 64.3 Å². The zero-order valence-corrected chi connectivity index (χ0v) is 23.0. The molecule has 0 saturated carbocycles. The predicted molar refractivity (Wildman–Crippen MR) is 151 cm³/mol. The van der Waals surface area contributed by atoms with E-state index < -0.39 is 0 Å². The topological polar surface area (TPSA) is 86.1 Å². The molecular weight excluding hydrogens is 610 g/mol. The Kier molecular flexibility index (Phi) is 6.44. The van der Waals surface area contributed by atoms with E-state index in [-0.39, 0.29) is 11.7 Å². The minimum absolute atomic E-state index is 0.135. The van der Waals surface area contributed by atoms with Crippen LogP contribution in [-0.4, -0.2) is 39.4 Å². The standard InChI is InChI=1S/C26H21ClIN4O3P/c27-22-11-16(9-14-1-3-18(33)4-6-19(14)22)17-10-21-24(31-32(36-28)25(21)30-13-17)15-2-5-20-23(12-15)35-8-7-29-26(20)34/h2,5,9-13,36H,1,3-4,6-8H2,(H,29,34). The smallest absolute Gasteiger partial charge is 0.255 e. The van der Waals surface area contributed by atoms with Gasteiger partial charge in [-0.15, -0.1) is 0 Å². The van der Waals surface area contributed by atoms with E-state index >= 15 is 0 Å². The molecule has 2 aromatic heterocycles. The highest BCUT2D eigenvalue weighted by Gasteiger charge is 2.21. The fourth-order valence-corrected chi connectivity index (χ4v) is 6.59. The molecule has 0 spiro atoms. The molecule has 0 bridgehead atoms. The average molecular weight is 631 g/mol. The van der Waals surface area contributed by atoms with Crippen molar-refractivity contribution in [1.82, 2.24) is 19.9 Å². The summed E-state index contributed by atoms with van der Waals surface area (Å²) in [7, 11) is 0. The number of ether oxygens (including phenoxy) is 1. The van der Waals surface area contributed by atoms with Crippen LogP contribution in [0.4, 0.5) is 0 Å². The van der Waals surface area contributed by atoms with Gasteiger partial charge in [0.05, 0.1) is 18.5 Å². The van der Waals surface area contributed by atoms with Crippen molar-refractivity contribution >= 4 is 62.7 Å². The summed E-state index contributed by atoms with van der Waals surface area (Å²) in [5.74, 6) is 0.702. The quantitative estimate of drug-likeness (QED) is 0.176. The molecule has 2 aromatic carbocycles. The maximum atomic E-state index is 12.3. The normalized spacial score (nSPS) is 15.8. The number of nitrogens with zero attached hydrogens (tertiary/aromatic N) is 3. The van der Waals surface area contributed by atoms with Gasteiger partial charge in [-0.1, -0.05) is 23.7 Å². The van der Waals surface area contributed by atoms with Gasteiger partial charge in [0.25, 0.3) is 5.91 Å². The second kappa shape index (κ2) is 9.72. The molecule has 1 aliphatic heterocycles. The molecule has 1 aliphatic carbocycles. The molecule has 4 aromatic rings. The van der Waals surface area contributed by atoms with Crippen molar-refractivity contribution in [2.45, 2.75) is 25.7 Å². The van der Waals surface area contributed by atoms with Crippen LogP contribution in [0.15, 0.2) is 42.6 Å². The number of nitrogens with one attached hydrogen (secondary N) is 1. The van der Waals surface area contributed by atoms with E-state index in [2.05, 4.69) is 39.5 Å². The summed E-state index contributed by atoms with van der Waals surface area (Å²) in [6.45, 7) is 0.893. The molecule has 7 nitrogen and oxygen atoms in total. The first kappa shape index (κ1) is 23.8. The van der Waals surface area contributed by atoms with Gasteiger partial charge in [0.1, 0.15) is 23.8 Å². The highest BCUT2D eigenvalue weighted by atomic mass is 127. The zero-order valence-electron chi connectivity index (χ0n) is 19.1. The molecule has 0 saturated heterocycles. The van der Waals surface area contributed by atoms with Crippen molar-refractivity contribution in [1.29, 1.82) is 0 Å². The molecular formula is C26H21ClIN4O3P. The maximum absolute atomic E-state index is 12.3. The summed E-state index contributed by atoms with van der Waals surface area (Å²) in [6, 6.07) is 11.8. The molecule has 1 atom stereocenters. The van der Waals surface area contributed by atoms with Crippen LogP contribution in [0, 0.1) is 0 Å². The molecule has 182 valence electrons. The van der Waals surface area contributed by atoms with Gasteiger partial charge in [-0.25, -0.2) is 9.44 Å². The Morgan fingerprint density at radius 3 is 2.75 bits per heavy atom. The number of pyridine rings is 1. The highest BCUT2D eigenvalue weighted by molar-refractivity contribution is 14.2. The molecule has 2 aliphatic rings. The Morgan fingerprint density at radius 1 is 1.03 bits per heavy atom. The van der Waals surface area contributed by atoms with Crippen LogP contribution in [0.1, 0.15) is 34.3 Å². The number of carbonyl (C=O) groups excluding carboxylic acids is 2. The molecule has 0 fully saturated rings. The number of ketones is 1. The van der Waals surface area contributed by atoms with Gasteiger partial charge in [0, 0.05) is 40.6 Å². The summed E-state index contributed by atoms with van der Waals surface area (Å²) in [4.78, 5) is 29.1. The molecule has 1 N–H and O–H groups in total. The Hall–Kier alpha value is -2.55. The van der Waals surface area contributed by atoms with Crippen LogP contribution in [-0.2, 0) is 17.6 Å². The van der Waals surface area contributed by atoms with Gasteiger partial charge in [0.2, 0.25) is 0 Å². The summed E-state index contributed by atoms with van der Waals surface area (Å²) < 4.78 is 7.72. The Balaban J connectivity index is 1.47. The van der Waals surface area contributed by atoms with Crippen molar-refractivity contribution in [3.8, 4) is 28.1 Å². The summed E-state index contributed by atoms with van der Waals surface area (Å²) in [5, 5.41) is 9.30. The van der Waals surface area contributed by atoms with Crippen LogP contribution in [0.25, 0.3) is 33.4 Å². The summed E-state index contributed by atoms with van der Waals surface area (Å²) >= 11 is 8.98. The minimum Gasteiger partial charge on any atom is -0.491 e. The molecule has 10 heteroatoms. The number of amides is 1. The van der Waals surface area contributed by atoms with E-state index in [1.54, 1.807) is 6.07 Å². The van der Waals surface area contributed by atoms with Crippen LogP contribution in [0.5, 0.6) is 5.75 Å². The highest BCUT2D eigenvalue weighted by Crippen LogP contribution is 2.38. The molecule has 3 heterocycles.